The highest BCUT2D eigenvalue weighted by Gasteiger charge is 2.28. The molecule has 4 rings (SSSR count). The molecule has 1 atom stereocenters. The molecule has 9 heteroatoms. The first kappa shape index (κ1) is 24.7. The number of morpholine rings is 1. The van der Waals surface area contributed by atoms with E-state index in [1.165, 1.54) is 16.4 Å². The van der Waals surface area contributed by atoms with Gasteiger partial charge in [-0.2, -0.15) is 4.31 Å². The van der Waals surface area contributed by atoms with Gasteiger partial charge in [-0.1, -0.05) is 43.3 Å². The Kier molecular flexibility index (Phi) is 8.02. The van der Waals surface area contributed by atoms with Gasteiger partial charge in [0.15, 0.2) is 11.9 Å². The molecule has 0 bridgehead atoms. The molecule has 0 unspecified atom stereocenters. The second-order valence-corrected chi connectivity index (χ2v) is 9.84. The second kappa shape index (κ2) is 11.4. The van der Waals surface area contributed by atoms with Gasteiger partial charge in [-0.15, -0.1) is 0 Å². The third-order valence-corrected chi connectivity index (χ3v) is 7.37. The van der Waals surface area contributed by atoms with Gasteiger partial charge in [0.2, 0.25) is 10.0 Å². The lowest BCUT2D eigenvalue weighted by Crippen LogP contribution is -2.40. The summed E-state index contributed by atoms with van der Waals surface area (Å²) in [5.74, 6) is 1.04. The highest BCUT2D eigenvalue weighted by Crippen LogP contribution is 2.33. The molecule has 1 aliphatic rings. The lowest BCUT2D eigenvalue weighted by molar-refractivity contribution is -0.122. The molecule has 35 heavy (non-hydrogen) atoms. The molecule has 0 spiro atoms. The van der Waals surface area contributed by atoms with E-state index in [4.69, 9.17) is 14.2 Å². The lowest BCUT2D eigenvalue weighted by atomic mass is 10.2. The SMILES string of the molecule is CC[C@H](Oc1ccccc1)C(=O)Nc1cc(S(=O)(=O)N2CCOCC2)ccc1Oc1ccccc1. The first-order valence-electron chi connectivity index (χ1n) is 11.4. The van der Waals surface area contributed by atoms with E-state index in [1.54, 1.807) is 30.3 Å². The van der Waals surface area contributed by atoms with Crippen LogP contribution in [0.3, 0.4) is 0 Å². The van der Waals surface area contributed by atoms with E-state index in [1.807, 2.05) is 43.3 Å². The van der Waals surface area contributed by atoms with Gasteiger partial charge in [-0.3, -0.25) is 4.79 Å². The topological polar surface area (TPSA) is 94.2 Å². The average Bonchev–Trinajstić information content (AvgIpc) is 2.90. The molecule has 0 aromatic heterocycles. The number of carbonyl (C=O) groups excluding carboxylic acids is 1. The minimum absolute atomic E-state index is 0.0622. The zero-order valence-corrected chi connectivity index (χ0v) is 20.2. The molecule has 1 aliphatic heterocycles. The second-order valence-electron chi connectivity index (χ2n) is 7.91. The highest BCUT2D eigenvalue weighted by atomic mass is 32.2. The molecule has 3 aromatic rings. The lowest BCUT2D eigenvalue weighted by Gasteiger charge is -2.26. The Balaban J connectivity index is 1.63. The number of hydrogen-bond donors (Lipinski definition) is 1. The summed E-state index contributed by atoms with van der Waals surface area (Å²) < 4.78 is 44.9. The van der Waals surface area contributed by atoms with Gasteiger partial charge in [-0.25, -0.2) is 8.42 Å². The van der Waals surface area contributed by atoms with Crippen LogP contribution < -0.4 is 14.8 Å². The summed E-state index contributed by atoms with van der Waals surface area (Å²) in [5.41, 5.74) is 0.239. The van der Waals surface area contributed by atoms with Crippen LogP contribution in [0.1, 0.15) is 13.3 Å². The summed E-state index contributed by atoms with van der Waals surface area (Å²) in [5, 5.41) is 2.82. The fraction of sp³-hybridized carbons (Fsp3) is 0.269. The smallest absolute Gasteiger partial charge is 0.265 e. The van der Waals surface area contributed by atoms with Gasteiger partial charge < -0.3 is 19.5 Å². The van der Waals surface area contributed by atoms with Crippen molar-refractivity contribution in [2.45, 2.75) is 24.3 Å². The Morgan fingerprint density at radius 1 is 0.971 bits per heavy atom. The summed E-state index contributed by atoms with van der Waals surface area (Å²) in [6.45, 7) is 3.07. The molecule has 0 saturated carbocycles. The number of anilines is 1. The Labute approximate surface area is 205 Å². The minimum atomic E-state index is -3.77. The van der Waals surface area contributed by atoms with Crippen molar-refractivity contribution in [1.82, 2.24) is 4.31 Å². The van der Waals surface area contributed by atoms with Crippen molar-refractivity contribution in [3.05, 3.63) is 78.9 Å². The maximum Gasteiger partial charge on any atom is 0.265 e. The normalized spacial score (nSPS) is 15.2. The van der Waals surface area contributed by atoms with Crippen molar-refractivity contribution < 1.29 is 27.4 Å². The van der Waals surface area contributed by atoms with Crippen LogP contribution >= 0.6 is 0 Å². The zero-order chi connectivity index (χ0) is 24.7. The molecule has 0 radical (unpaired) electrons. The Bertz CT molecular complexity index is 1230. The summed E-state index contributed by atoms with van der Waals surface area (Å²) in [4.78, 5) is 13.2. The number of nitrogens with one attached hydrogen (secondary N) is 1. The third kappa shape index (κ3) is 6.19. The number of sulfonamides is 1. The Morgan fingerprint density at radius 2 is 1.60 bits per heavy atom. The van der Waals surface area contributed by atoms with Crippen molar-refractivity contribution in [1.29, 1.82) is 0 Å². The monoisotopic (exact) mass is 496 g/mol. The van der Waals surface area contributed by atoms with Crippen LogP contribution in [0.15, 0.2) is 83.8 Å². The van der Waals surface area contributed by atoms with Crippen LogP contribution in [0.4, 0.5) is 5.69 Å². The van der Waals surface area contributed by atoms with E-state index in [2.05, 4.69) is 5.32 Å². The first-order valence-corrected chi connectivity index (χ1v) is 12.9. The average molecular weight is 497 g/mol. The number of para-hydroxylation sites is 2. The van der Waals surface area contributed by atoms with Gasteiger partial charge in [0.05, 0.1) is 23.8 Å². The van der Waals surface area contributed by atoms with E-state index in [0.717, 1.165) is 0 Å². The molecule has 1 amide bonds. The molecule has 1 saturated heterocycles. The maximum atomic E-state index is 13.2. The number of amides is 1. The van der Waals surface area contributed by atoms with Gasteiger partial charge in [0.25, 0.3) is 5.91 Å². The van der Waals surface area contributed by atoms with Crippen molar-refractivity contribution in [3.8, 4) is 17.2 Å². The van der Waals surface area contributed by atoms with Crippen LogP contribution in [-0.4, -0.2) is 51.0 Å². The van der Waals surface area contributed by atoms with Gasteiger partial charge >= 0.3 is 0 Å². The van der Waals surface area contributed by atoms with Crippen LogP contribution in [0.25, 0.3) is 0 Å². The first-order chi connectivity index (χ1) is 17.0. The predicted octanol–water partition coefficient (Wildman–Crippen LogP) is 4.30. The van der Waals surface area contributed by atoms with E-state index in [9.17, 15) is 13.2 Å². The largest absolute Gasteiger partial charge is 0.481 e. The maximum absolute atomic E-state index is 13.2. The fourth-order valence-electron chi connectivity index (χ4n) is 3.61. The number of benzene rings is 3. The van der Waals surface area contributed by atoms with Crippen LogP contribution in [0, 0.1) is 0 Å². The molecular weight excluding hydrogens is 468 g/mol. The van der Waals surface area contributed by atoms with Crippen molar-refractivity contribution in [3.63, 3.8) is 0 Å². The summed E-state index contributed by atoms with van der Waals surface area (Å²) in [6, 6.07) is 22.6. The number of hydrogen-bond acceptors (Lipinski definition) is 6. The Morgan fingerprint density at radius 3 is 2.23 bits per heavy atom. The van der Waals surface area contributed by atoms with E-state index >= 15 is 0 Å². The molecule has 1 heterocycles. The van der Waals surface area contributed by atoms with Crippen molar-refractivity contribution >= 4 is 21.6 Å². The number of ether oxygens (including phenoxy) is 3. The quantitative estimate of drug-likeness (QED) is 0.475. The van der Waals surface area contributed by atoms with E-state index in [0.29, 0.717) is 36.9 Å². The zero-order valence-electron chi connectivity index (χ0n) is 19.4. The minimum Gasteiger partial charge on any atom is -0.481 e. The van der Waals surface area contributed by atoms with Crippen molar-refractivity contribution in [2.24, 2.45) is 0 Å². The summed E-state index contributed by atoms with van der Waals surface area (Å²) in [6.07, 6.45) is -0.358. The summed E-state index contributed by atoms with van der Waals surface area (Å²) in [7, 11) is -3.77. The molecule has 3 aromatic carbocycles. The third-order valence-electron chi connectivity index (χ3n) is 5.47. The van der Waals surface area contributed by atoms with E-state index < -0.39 is 22.0 Å². The van der Waals surface area contributed by atoms with Crippen LogP contribution in [0.5, 0.6) is 17.2 Å². The number of rotatable bonds is 9. The molecule has 1 fully saturated rings. The molecule has 8 nitrogen and oxygen atoms in total. The van der Waals surface area contributed by atoms with Gasteiger partial charge in [0, 0.05) is 13.1 Å². The number of nitrogens with zero attached hydrogens (tertiary/aromatic N) is 1. The predicted molar refractivity (Wildman–Crippen MR) is 132 cm³/mol. The standard InChI is InChI=1S/C26H28N2O6S/c1-2-24(33-20-9-5-3-6-10-20)26(29)27-23-19-22(35(30,31)28-15-17-32-18-16-28)13-14-25(23)34-21-11-7-4-8-12-21/h3-14,19,24H,2,15-18H2,1H3,(H,27,29)/t24-/m0/s1. The Hall–Kier alpha value is -3.40. The number of carbonyl (C=O) groups is 1. The van der Waals surface area contributed by atoms with Crippen LogP contribution in [0.2, 0.25) is 0 Å². The molecular formula is C26H28N2O6S. The van der Waals surface area contributed by atoms with E-state index in [-0.39, 0.29) is 23.7 Å². The molecule has 184 valence electrons. The van der Waals surface area contributed by atoms with Crippen molar-refractivity contribution in [2.75, 3.05) is 31.6 Å². The molecule has 0 aliphatic carbocycles. The van der Waals surface area contributed by atoms with Gasteiger partial charge in [-0.05, 0) is 48.9 Å². The van der Waals surface area contributed by atoms with Crippen LogP contribution in [-0.2, 0) is 19.6 Å². The highest BCUT2D eigenvalue weighted by molar-refractivity contribution is 7.89. The summed E-state index contributed by atoms with van der Waals surface area (Å²) >= 11 is 0. The van der Waals surface area contributed by atoms with Gasteiger partial charge in [0.1, 0.15) is 11.5 Å². The molecule has 1 N–H and O–H groups in total. The fourth-order valence-corrected chi connectivity index (χ4v) is 5.04.